The summed E-state index contributed by atoms with van der Waals surface area (Å²) in [5.41, 5.74) is 0. The van der Waals surface area contributed by atoms with Crippen molar-refractivity contribution in [3.05, 3.63) is 0 Å². The van der Waals surface area contributed by atoms with Crippen LogP contribution in [-0.4, -0.2) is 59.1 Å². The fourth-order valence-electron chi connectivity index (χ4n) is 0.752. The van der Waals surface area contributed by atoms with Gasteiger partial charge in [-0.3, -0.25) is 9.59 Å². The van der Waals surface area contributed by atoms with Gasteiger partial charge in [-0.1, -0.05) is 0 Å². The summed E-state index contributed by atoms with van der Waals surface area (Å²) in [5.74, 6) is -2.26. The van der Waals surface area contributed by atoms with E-state index in [1.54, 1.807) is 0 Å². The lowest BCUT2D eigenvalue weighted by atomic mass is 10.3. The van der Waals surface area contributed by atoms with E-state index in [9.17, 15) is 14.4 Å². The quantitative estimate of drug-likeness (QED) is 0.496. The van der Waals surface area contributed by atoms with Gasteiger partial charge in [0, 0.05) is 14.0 Å². The zero-order chi connectivity index (χ0) is 12.0. The second kappa shape index (κ2) is 5.97. The van der Waals surface area contributed by atoms with Crippen molar-refractivity contribution in [3.63, 3.8) is 0 Å². The molecule has 0 aromatic carbocycles. The maximum Gasteiger partial charge on any atom is 0.328 e. The topological polar surface area (TPSA) is 107 Å². The second-order valence-electron chi connectivity index (χ2n) is 3.02. The summed E-state index contributed by atoms with van der Waals surface area (Å²) in [6, 6.07) is -1.34. The third kappa shape index (κ3) is 4.96. The summed E-state index contributed by atoms with van der Waals surface area (Å²) in [4.78, 5) is 33.5. The molecule has 0 saturated heterocycles. The van der Waals surface area contributed by atoms with Crippen LogP contribution < -0.4 is 5.32 Å². The Bertz CT molecular complexity index is 266. The van der Waals surface area contributed by atoms with Crippen LogP contribution >= 0.6 is 0 Å². The number of likely N-dealkylation sites (N-methyl/N-ethyl adjacent to an activating group) is 1. The molecule has 3 N–H and O–H groups in total. The van der Waals surface area contributed by atoms with Gasteiger partial charge in [-0.2, -0.15) is 0 Å². The summed E-state index contributed by atoms with van der Waals surface area (Å²) in [7, 11) is 1.41. The fourth-order valence-corrected chi connectivity index (χ4v) is 0.752. The van der Waals surface area contributed by atoms with Crippen molar-refractivity contribution in [1.82, 2.24) is 10.2 Å². The molecular formula is C8H14N2O5. The Kier molecular flexibility index (Phi) is 5.32. The van der Waals surface area contributed by atoms with Crippen LogP contribution in [0.1, 0.15) is 6.92 Å². The van der Waals surface area contributed by atoms with E-state index in [1.807, 2.05) is 0 Å². The van der Waals surface area contributed by atoms with Crippen molar-refractivity contribution < 1.29 is 24.6 Å². The predicted molar refractivity (Wildman–Crippen MR) is 50.0 cm³/mol. The van der Waals surface area contributed by atoms with Gasteiger partial charge in [0.2, 0.25) is 11.8 Å². The molecule has 0 spiro atoms. The van der Waals surface area contributed by atoms with E-state index in [0.717, 1.165) is 4.90 Å². The molecule has 7 nitrogen and oxygen atoms in total. The van der Waals surface area contributed by atoms with Gasteiger partial charge < -0.3 is 20.4 Å². The Morgan fingerprint density at radius 3 is 2.27 bits per heavy atom. The number of aliphatic hydroxyl groups excluding tert-OH is 1. The van der Waals surface area contributed by atoms with E-state index in [4.69, 9.17) is 10.2 Å². The van der Waals surface area contributed by atoms with Crippen LogP contribution in [0.15, 0.2) is 0 Å². The lowest BCUT2D eigenvalue weighted by Gasteiger charge is -2.16. The Balaban J connectivity index is 4.13. The van der Waals surface area contributed by atoms with E-state index < -0.39 is 24.5 Å². The average Bonchev–Trinajstić information content (AvgIpc) is 2.13. The first-order valence-electron chi connectivity index (χ1n) is 4.23. The third-order valence-electron chi connectivity index (χ3n) is 1.73. The van der Waals surface area contributed by atoms with Gasteiger partial charge in [-0.25, -0.2) is 4.79 Å². The van der Waals surface area contributed by atoms with E-state index >= 15 is 0 Å². The molecule has 0 aliphatic carbocycles. The van der Waals surface area contributed by atoms with Crippen LogP contribution in [0.4, 0.5) is 0 Å². The number of hydrogen-bond acceptors (Lipinski definition) is 4. The number of rotatable bonds is 5. The average molecular weight is 218 g/mol. The zero-order valence-corrected chi connectivity index (χ0v) is 8.56. The van der Waals surface area contributed by atoms with Crippen LogP contribution in [0.5, 0.6) is 0 Å². The van der Waals surface area contributed by atoms with Crippen molar-refractivity contribution in [1.29, 1.82) is 0 Å². The molecule has 0 unspecified atom stereocenters. The summed E-state index contributed by atoms with van der Waals surface area (Å²) in [6.07, 6.45) is 0. The molecule has 0 fully saturated rings. The molecule has 0 heterocycles. The molecule has 1 atom stereocenters. The van der Waals surface area contributed by atoms with Crippen molar-refractivity contribution in [3.8, 4) is 0 Å². The molecule has 15 heavy (non-hydrogen) atoms. The maximum absolute atomic E-state index is 11.2. The standard InChI is InChI=1S/C8H14N2O5/c1-5(12)10(2)3-7(13)9-6(4-11)8(14)15/h6,11H,3-4H2,1-2H3,(H,9,13)(H,14,15)/t6-/m1/s1. The number of carbonyl (C=O) groups is 3. The largest absolute Gasteiger partial charge is 0.480 e. The van der Waals surface area contributed by atoms with Crippen molar-refractivity contribution in [2.75, 3.05) is 20.2 Å². The molecule has 2 amide bonds. The molecule has 0 bridgehead atoms. The van der Waals surface area contributed by atoms with Crippen molar-refractivity contribution >= 4 is 17.8 Å². The number of aliphatic carboxylic acids is 1. The fraction of sp³-hybridized carbons (Fsp3) is 0.625. The summed E-state index contributed by atoms with van der Waals surface area (Å²) < 4.78 is 0. The van der Waals surface area contributed by atoms with E-state index in [0.29, 0.717) is 0 Å². The van der Waals surface area contributed by atoms with Crippen LogP contribution in [0.25, 0.3) is 0 Å². The summed E-state index contributed by atoms with van der Waals surface area (Å²) >= 11 is 0. The highest BCUT2D eigenvalue weighted by atomic mass is 16.4. The summed E-state index contributed by atoms with van der Waals surface area (Å²) in [6.45, 7) is 0.359. The summed E-state index contributed by atoms with van der Waals surface area (Å²) in [5, 5.41) is 19.2. The molecule has 0 aliphatic heterocycles. The second-order valence-corrected chi connectivity index (χ2v) is 3.02. The van der Waals surface area contributed by atoms with Crippen LogP contribution in [0.2, 0.25) is 0 Å². The van der Waals surface area contributed by atoms with Crippen molar-refractivity contribution in [2.24, 2.45) is 0 Å². The van der Waals surface area contributed by atoms with Crippen molar-refractivity contribution in [2.45, 2.75) is 13.0 Å². The SMILES string of the molecule is CC(=O)N(C)CC(=O)N[C@H](CO)C(=O)O. The van der Waals surface area contributed by atoms with Crippen LogP contribution in [-0.2, 0) is 14.4 Å². The minimum absolute atomic E-state index is 0.237. The number of carbonyl (C=O) groups excluding carboxylic acids is 2. The Hall–Kier alpha value is -1.63. The van der Waals surface area contributed by atoms with Gasteiger partial charge in [0.05, 0.1) is 13.2 Å². The molecule has 0 aromatic heterocycles. The van der Waals surface area contributed by atoms with Crippen LogP contribution in [0, 0.1) is 0 Å². The van der Waals surface area contributed by atoms with Gasteiger partial charge in [-0.05, 0) is 0 Å². The lowest BCUT2D eigenvalue weighted by molar-refractivity contribution is -0.143. The monoisotopic (exact) mass is 218 g/mol. The molecule has 86 valence electrons. The molecule has 0 radical (unpaired) electrons. The van der Waals surface area contributed by atoms with E-state index in [1.165, 1.54) is 14.0 Å². The molecular weight excluding hydrogens is 204 g/mol. The smallest absolute Gasteiger partial charge is 0.328 e. The van der Waals surface area contributed by atoms with E-state index in [-0.39, 0.29) is 12.5 Å². The Morgan fingerprint density at radius 1 is 1.40 bits per heavy atom. The minimum atomic E-state index is -1.34. The number of nitrogens with one attached hydrogen (secondary N) is 1. The Labute approximate surface area is 86.7 Å². The normalized spacial score (nSPS) is 11.7. The number of nitrogens with zero attached hydrogens (tertiary/aromatic N) is 1. The highest BCUT2D eigenvalue weighted by molar-refractivity contribution is 5.87. The van der Waals surface area contributed by atoms with Gasteiger partial charge >= 0.3 is 5.97 Å². The highest BCUT2D eigenvalue weighted by Gasteiger charge is 2.19. The first kappa shape index (κ1) is 13.4. The van der Waals surface area contributed by atoms with Gasteiger partial charge in [0.15, 0.2) is 0 Å². The first-order chi connectivity index (χ1) is 6.88. The molecule has 0 rings (SSSR count). The van der Waals surface area contributed by atoms with Gasteiger partial charge in [0.1, 0.15) is 6.04 Å². The van der Waals surface area contributed by atoms with Crippen LogP contribution in [0.3, 0.4) is 0 Å². The molecule has 0 aliphatic rings. The molecule has 7 heteroatoms. The molecule has 0 aromatic rings. The predicted octanol–water partition coefficient (Wildman–Crippen LogP) is -1.97. The number of carboxylic acid groups (broad SMARTS) is 1. The number of amides is 2. The minimum Gasteiger partial charge on any atom is -0.480 e. The van der Waals surface area contributed by atoms with E-state index in [2.05, 4.69) is 5.32 Å². The first-order valence-corrected chi connectivity index (χ1v) is 4.23. The lowest BCUT2D eigenvalue weighted by Crippen LogP contribution is -2.47. The number of carboxylic acids is 1. The zero-order valence-electron chi connectivity index (χ0n) is 8.56. The maximum atomic E-state index is 11.2. The third-order valence-corrected chi connectivity index (χ3v) is 1.73. The number of aliphatic hydroxyl groups is 1. The number of hydrogen-bond donors (Lipinski definition) is 3. The van der Waals surface area contributed by atoms with Gasteiger partial charge in [-0.15, -0.1) is 0 Å². The highest BCUT2D eigenvalue weighted by Crippen LogP contribution is 1.86. The Morgan fingerprint density at radius 2 is 1.93 bits per heavy atom. The van der Waals surface area contributed by atoms with Gasteiger partial charge in [0.25, 0.3) is 0 Å². The molecule has 0 saturated carbocycles.